The molecular formula is C32H56N2O22S2. The highest BCUT2D eigenvalue weighted by Gasteiger charge is 2.52. The van der Waals surface area contributed by atoms with E-state index in [9.17, 15) is 81.9 Å². The van der Waals surface area contributed by atoms with Gasteiger partial charge in [0.1, 0.15) is 119 Å². The summed E-state index contributed by atoms with van der Waals surface area (Å²) in [5.74, 6) is 0. The van der Waals surface area contributed by atoms with Crippen LogP contribution in [0.1, 0.15) is 38.5 Å². The van der Waals surface area contributed by atoms with Gasteiger partial charge >= 0.3 is 0 Å². The topological polar surface area (TPSA) is 404 Å². The minimum atomic E-state index is -1.82. The number of thioether (sulfide) groups is 2. The van der Waals surface area contributed by atoms with Gasteiger partial charge in [-0.1, -0.05) is 46.7 Å². The Labute approximate surface area is 339 Å². The van der Waals surface area contributed by atoms with Crippen molar-refractivity contribution in [3.63, 3.8) is 0 Å². The number of nitrogens with zero attached hydrogens (tertiary/aromatic N) is 2. The second-order valence-corrected chi connectivity index (χ2v) is 16.5. The van der Waals surface area contributed by atoms with Crippen LogP contribution in [0.3, 0.4) is 0 Å². The third kappa shape index (κ3) is 11.8. The molecule has 20 atom stereocenters. The first-order valence-corrected chi connectivity index (χ1v) is 20.3. The fourth-order valence-electron chi connectivity index (χ4n) is 6.74. The summed E-state index contributed by atoms with van der Waals surface area (Å²) < 4.78 is 33.1. The van der Waals surface area contributed by atoms with E-state index in [1.807, 2.05) is 0 Å². The lowest BCUT2D eigenvalue weighted by Crippen LogP contribution is -2.64. The van der Waals surface area contributed by atoms with E-state index >= 15 is 0 Å². The number of aliphatic hydroxyl groups excluding tert-OH is 14. The van der Waals surface area contributed by atoms with Gasteiger partial charge in [0.05, 0.1) is 26.4 Å². The maximum absolute atomic E-state index is 10.9. The average molecular weight is 885 g/mol. The summed E-state index contributed by atoms with van der Waals surface area (Å²) in [6, 6.07) is 0. The standard InChI is InChI=1S/C32H56N2O22S2/c35-7-11-17(39)19(41)23(45)29(51-11)55-27-13(9-37)53-31(25(47)21(27)43)57-15(33-49)5-3-1-2-4-6-16(34-50)58-32-26(48)22(44)28(14(10-38)54-32)56-30-24(46)20(42)18(40)12(8-36)52-30/h11-14,17-32,35-50H,1-10H2/b33-15+,34-16+/t11-,12-,13-,14-,17-,18-,19+,20+,21-,22-,23-,24-,25-,26-,27-,28-,29+,30+,31+,32+/m1/s1. The number of unbranched alkanes of at least 4 members (excludes halogenated alkanes) is 3. The van der Waals surface area contributed by atoms with E-state index in [2.05, 4.69) is 10.3 Å². The Hall–Kier alpha value is -1.16. The highest BCUT2D eigenvalue weighted by molar-refractivity contribution is 8.14. The molecule has 4 fully saturated rings. The van der Waals surface area contributed by atoms with E-state index in [1.54, 1.807) is 0 Å². The van der Waals surface area contributed by atoms with Gasteiger partial charge in [0.15, 0.2) is 12.6 Å². The molecule has 0 aromatic heterocycles. The van der Waals surface area contributed by atoms with E-state index in [4.69, 9.17) is 28.4 Å². The highest BCUT2D eigenvalue weighted by atomic mass is 32.2. The SMILES string of the molecule is OC[C@H]1O[C@@H](O[C@H]2[C@H](O)[C@@H](O)[C@H](S/C(CCCCCC/C(=N\O)S[C@@H]3O[C@H](CO)[C@@H](O[C@@H]4O[C@H](CO)[C@@H](O)[C@H](O)[C@H]4O)[C@H](O)[C@H]3O)=N/O)O[C@@H]2CO)[C@H](O)[C@@H](O)[C@@H]1O. The summed E-state index contributed by atoms with van der Waals surface area (Å²) in [6.07, 6.45) is -26.5. The van der Waals surface area contributed by atoms with E-state index in [1.165, 1.54) is 0 Å². The lowest BCUT2D eigenvalue weighted by molar-refractivity contribution is -0.338. The summed E-state index contributed by atoms with van der Waals surface area (Å²) in [4.78, 5) is 0. The minimum Gasteiger partial charge on any atom is -0.410 e. The second kappa shape index (κ2) is 23.3. The zero-order chi connectivity index (χ0) is 42.8. The molecule has 338 valence electrons. The van der Waals surface area contributed by atoms with E-state index in [-0.39, 0.29) is 22.9 Å². The van der Waals surface area contributed by atoms with Crippen molar-refractivity contribution in [1.82, 2.24) is 0 Å². The Morgan fingerprint density at radius 1 is 0.414 bits per heavy atom. The second-order valence-electron chi connectivity index (χ2n) is 14.1. The summed E-state index contributed by atoms with van der Waals surface area (Å²) in [5, 5.41) is 169. The Balaban J connectivity index is 1.20. The Kier molecular flexibility index (Phi) is 19.9. The molecule has 4 heterocycles. The lowest BCUT2D eigenvalue weighted by Gasteiger charge is -2.46. The molecule has 0 aliphatic carbocycles. The van der Waals surface area contributed by atoms with Gasteiger partial charge in [-0.15, -0.1) is 0 Å². The van der Waals surface area contributed by atoms with Crippen LogP contribution >= 0.6 is 23.5 Å². The van der Waals surface area contributed by atoms with Crippen molar-refractivity contribution in [1.29, 1.82) is 0 Å². The van der Waals surface area contributed by atoms with Crippen molar-refractivity contribution in [3.8, 4) is 0 Å². The summed E-state index contributed by atoms with van der Waals surface area (Å²) in [6.45, 7) is -2.94. The van der Waals surface area contributed by atoms with Crippen LogP contribution in [0.25, 0.3) is 0 Å². The predicted octanol–water partition coefficient (Wildman–Crippen LogP) is -6.38. The molecule has 24 nitrogen and oxygen atoms in total. The normalized spacial score (nSPS) is 44.4. The van der Waals surface area contributed by atoms with Gasteiger partial charge in [-0.05, 0) is 25.7 Å². The fourth-order valence-corrected chi connectivity index (χ4v) is 8.90. The van der Waals surface area contributed by atoms with Crippen molar-refractivity contribution < 1.29 is 110 Å². The van der Waals surface area contributed by atoms with Crippen molar-refractivity contribution in [2.24, 2.45) is 10.3 Å². The molecule has 0 amide bonds. The van der Waals surface area contributed by atoms with Crippen LogP contribution in [0, 0.1) is 0 Å². The molecule has 0 radical (unpaired) electrons. The fraction of sp³-hybridized carbons (Fsp3) is 0.938. The average Bonchev–Trinajstić information content (AvgIpc) is 3.22. The number of ether oxygens (including phenoxy) is 6. The molecule has 0 aromatic carbocycles. The number of aliphatic hydroxyl groups is 14. The smallest absolute Gasteiger partial charge is 0.187 e. The minimum absolute atomic E-state index is 0.115. The van der Waals surface area contributed by atoms with Gasteiger partial charge in [0.25, 0.3) is 0 Å². The molecule has 4 aliphatic heterocycles. The molecule has 4 rings (SSSR count). The van der Waals surface area contributed by atoms with Crippen LogP contribution in [0.4, 0.5) is 0 Å². The first kappa shape index (κ1) is 49.5. The zero-order valence-corrected chi connectivity index (χ0v) is 32.6. The molecule has 0 aromatic rings. The maximum Gasteiger partial charge on any atom is 0.187 e. The first-order chi connectivity index (χ1) is 27.6. The van der Waals surface area contributed by atoms with Crippen LogP contribution in [0.15, 0.2) is 10.3 Å². The largest absolute Gasteiger partial charge is 0.410 e. The maximum atomic E-state index is 10.9. The highest BCUT2D eigenvalue weighted by Crippen LogP contribution is 2.36. The molecule has 0 saturated carbocycles. The molecule has 0 spiro atoms. The van der Waals surface area contributed by atoms with E-state index < -0.39 is 148 Å². The molecule has 0 unspecified atom stereocenters. The lowest BCUT2D eigenvalue weighted by atomic mass is 9.97. The summed E-state index contributed by atoms with van der Waals surface area (Å²) in [7, 11) is 0. The number of hydrogen-bond acceptors (Lipinski definition) is 26. The zero-order valence-electron chi connectivity index (χ0n) is 30.9. The van der Waals surface area contributed by atoms with Gasteiger partial charge in [0.2, 0.25) is 0 Å². The molecule has 0 bridgehead atoms. The van der Waals surface area contributed by atoms with Gasteiger partial charge in [-0.3, -0.25) is 0 Å². The Bertz CT molecular complexity index is 1200. The van der Waals surface area contributed by atoms with Crippen molar-refractivity contribution in [2.75, 3.05) is 26.4 Å². The number of hydrogen-bond donors (Lipinski definition) is 16. The predicted molar refractivity (Wildman–Crippen MR) is 194 cm³/mol. The van der Waals surface area contributed by atoms with Gasteiger partial charge in [-0.25, -0.2) is 0 Å². The quantitative estimate of drug-likeness (QED) is 0.0212. The van der Waals surface area contributed by atoms with Gasteiger partial charge in [-0.2, -0.15) is 0 Å². The van der Waals surface area contributed by atoms with Gasteiger partial charge < -0.3 is 110 Å². The van der Waals surface area contributed by atoms with Crippen molar-refractivity contribution >= 4 is 33.6 Å². The molecule has 58 heavy (non-hydrogen) atoms. The summed E-state index contributed by atoms with van der Waals surface area (Å²) >= 11 is 1.56. The summed E-state index contributed by atoms with van der Waals surface area (Å²) in [5.41, 5.74) is -2.49. The van der Waals surface area contributed by atoms with Crippen molar-refractivity contribution in [2.45, 2.75) is 160 Å². The van der Waals surface area contributed by atoms with E-state index in [0.717, 1.165) is 23.5 Å². The first-order valence-electron chi connectivity index (χ1n) is 18.6. The molecule has 26 heteroatoms. The molecular weight excluding hydrogens is 828 g/mol. The van der Waals surface area contributed by atoms with Crippen LogP contribution in [-0.2, 0) is 28.4 Å². The third-order valence-electron chi connectivity index (χ3n) is 10.2. The Morgan fingerprint density at radius 2 is 0.759 bits per heavy atom. The number of rotatable bonds is 17. The van der Waals surface area contributed by atoms with Crippen LogP contribution in [-0.4, -0.2) is 240 Å². The molecule has 16 N–H and O–H groups in total. The molecule has 4 aliphatic rings. The van der Waals surface area contributed by atoms with Gasteiger partial charge in [0, 0.05) is 0 Å². The van der Waals surface area contributed by atoms with Crippen LogP contribution in [0.5, 0.6) is 0 Å². The monoisotopic (exact) mass is 884 g/mol. The third-order valence-corrected chi connectivity index (χ3v) is 12.5. The van der Waals surface area contributed by atoms with E-state index in [0.29, 0.717) is 25.7 Å². The Morgan fingerprint density at radius 3 is 1.07 bits per heavy atom. The van der Waals surface area contributed by atoms with Crippen LogP contribution in [0.2, 0.25) is 0 Å². The van der Waals surface area contributed by atoms with Crippen molar-refractivity contribution in [3.05, 3.63) is 0 Å². The molecule has 4 saturated heterocycles. The van der Waals surface area contributed by atoms with Crippen LogP contribution < -0.4 is 0 Å². The number of oxime groups is 2.